The van der Waals surface area contributed by atoms with Gasteiger partial charge in [0.15, 0.2) is 0 Å². The Morgan fingerprint density at radius 2 is 2.08 bits per heavy atom. The molecule has 2 amide bonds. The Bertz CT molecular complexity index is 568. The quantitative estimate of drug-likeness (QED) is 0.830. The molecular formula is C19H32N4O2. The van der Waals surface area contributed by atoms with Gasteiger partial charge in [0.2, 0.25) is 0 Å². The largest absolute Gasteiger partial charge is 0.379 e. The summed E-state index contributed by atoms with van der Waals surface area (Å²) in [5, 5.41) is 6.11. The highest BCUT2D eigenvalue weighted by Crippen LogP contribution is 2.18. The van der Waals surface area contributed by atoms with Crippen molar-refractivity contribution in [3.8, 4) is 0 Å². The molecule has 1 saturated heterocycles. The second kappa shape index (κ2) is 8.52. The first-order valence-corrected chi connectivity index (χ1v) is 9.10. The fourth-order valence-electron chi connectivity index (χ4n) is 3.28. The van der Waals surface area contributed by atoms with Crippen molar-refractivity contribution in [2.45, 2.75) is 64.6 Å². The summed E-state index contributed by atoms with van der Waals surface area (Å²) in [4.78, 5) is 19.1. The van der Waals surface area contributed by atoms with Crippen molar-refractivity contribution in [2.75, 3.05) is 25.1 Å². The number of nitrogens with one attached hydrogen (secondary N) is 2. The Labute approximate surface area is 151 Å². The molecule has 1 aromatic heterocycles. The van der Waals surface area contributed by atoms with Gasteiger partial charge in [0.1, 0.15) is 5.82 Å². The average molecular weight is 348 g/mol. The van der Waals surface area contributed by atoms with E-state index in [9.17, 15) is 4.79 Å². The Hall–Kier alpha value is -1.82. The maximum absolute atomic E-state index is 12.2. The van der Waals surface area contributed by atoms with Gasteiger partial charge in [0.05, 0.1) is 5.60 Å². The van der Waals surface area contributed by atoms with E-state index in [0.717, 1.165) is 43.9 Å². The third kappa shape index (κ3) is 6.20. The number of aromatic nitrogens is 1. The van der Waals surface area contributed by atoms with Crippen LogP contribution in [-0.2, 0) is 4.74 Å². The summed E-state index contributed by atoms with van der Waals surface area (Å²) in [5.74, 6) is 1.03. The first kappa shape index (κ1) is 19.5. The Balaban J connectivity index is 1.75. The minimum Gasteiger partial charge on any atom is -0.379 e. The molecule has 6 nitrogen and oxygen atoms in total. The van der Waals surface area contributed by atoms with Crippen molar-refractivity contribution >= 4 is 11.8 Å². The number of hydrogen-bond acceptors (Lipinski definition) is 4. The molecule has 0 bridgehead atoms. The van der Waals surface area contributed by atoms with E-state index >= 15 is 0 Å². The van der Waals surface area contributed by atoms with Crippen LogP contribution in [0.5, 0.6) is 0 Å². The van der Waals surface area contributed by atoms with E-state index in [1.54, 1.807) is 7.11 Å². The predicted molar refractivity (Wildman–Crippen MR) is 101 cm³/mol. The van der Waals surface area contributed by atoms with Crippen LogP contribution in [0.25, 0.3) is 0 Å². The van der Waals surface area contributed by atoms with Gasteiger partial charge in [-0.1, -0.05) is 6.07 Å². The number of hydrogen-bond donors (Lipinski definition) is 2. The van der Waals surface area contributed by atoms with E-state index in [-0.39, 0.29) is 23.7 Å². The molecule has 1 unspecified atom stereocenters. The Kier molecular flexibility index (Phi) is 6.64. The summed E-state index contributed by atoms with van der Waals surface area (Å²) in [6.45, 7) is 9.89. The lowest BCUT2D eigenvalue weighted by Crippen LogP contribution is -2.50. The van der Waals surface area contributed by atoms with Crippen molar-refractivity contribution in [3.05, 3.63) is 23.9 Å². The maximum atomic E-state index is 12.2. The number of carbonyl (C=O) groups is 1. The third-order valence-corrected chi connectivity index (χ3v) is 4.76. The number of amides is 2. The standard InChI is InChI=1S/C19H32N4O2/c1-14-7-6-8-17(20-14)23-11-9-16(10-12-23)22-18(24)21-15(2)13-19(3,4)25-5/h6-8,15-16H,9-13H2,1-5H3,(H2,21,22,24). The van der Waals surface area contributed by atoms with E-state index in [2.05, 4.69) is 20.5 Å². The monoisotopic (exact) mass is 348 g/mol. The van der Waals surface area contributed by atoms with Gasteiger partial charge in [-0.3, -0.25) is 0 Å². The lowest BCUT2D eigenvalue weighted by Gasteiger charge is -2.33. The number of ether oxygens (including phenoxy) is 1. The lowest BCUT2D eigenvalue weighted by molar-refractivity contribution is 0.00948. The molecule has 1 aliphatic rings. The van der Waals surface area contributed by atoms with Crippen LogP contribution < -0.4 is 15.5 Å². The van der Waals surface area contributed by atoms with Crippen molar-refractivity contribution in [2.24, 2.45) is 0 Å². The highest BCUT2D eigenvalue weighted by atomic mass is 16.5. The van der Waals surface area contributed by atoms with E-state index < -0.39 is 0 Å². The summed E-state index contributed by atoms with van der Waals surface area (Å²) in [7, 11) is 1.70. The smallest absolute Gasteiger partial charge is 0.315 e. The van der Waals surface area contributed by atoms with Gasteiger partial charge in [-0.2, -0.15) is 0 Å². The topological polar surface area (TPSA) is 66.5 Å². The zero-order valence-corrected chi connectivity index (χ0v) is 16.1. The second-order valence-corrected chi connectivity index (χ2v) is 7.59. The van der Waals surface area contributed by atoms with Crippen molar-refractivity contribution in [1.29, 1.82) is 0 Å². The van der Waals surface area contributed by atoms with Crippen LogP contribution in [0.3, 0.4) is 0 Å². The minimum atomic E-state index is -0.237. The van der Waals surface area contributed by atoms with Gasteiger partial charge in [-0.05, 0) is 59.1 Å². The van der Waals surface area contributed by atoms with Crippen LogP contribution in [-0.4, -0.2) is 48.9 Å². The molecule has 6 heteroatoms. The Morgan fingerprint density at radius 1 is 1.40 bits per heavy atom. The van der Waals surface area contributed by atoms with Crippen molar-refractivity contribution < 1.29 is 9.53 Å². The highest BCUT2D eigenvalue weighted by molar-refractivity contribution is 5.74. The molecule has 1 fully saturated rings. The first-order valence-electron chi connectivity index (χ1n) is 9.10. The molecule has 0 aliphatic carbocycles. The molecule has 25 heavy (non-hydrogen) atoms. The van der Waals surface area contributed by atoms with E-state index in [0.29, 0.717) is 0 Å². The minimum absolute atomic E-state index is 0.0616. The number of pyridine rings is 1. The normalized spacial score (nSPS) is 17.2. The van der Waals surface area contributed by atoms with Crippen molar-refractivity contribution in [3.63, 3.8) is 0 Å². The molecule has 140 valence electrons. The molecule has 2 rings (SSSR count). The molecule has 2 heterocycles. The number of urea groups is 1. The SMILES string of the molecule is COC(C)(C)CC(C)NC(=O)NC1CCN(c2cccc(C)n2)CC1. The summed E-state index contributed by atoms with van der Waals surface area (Å²) >= 11 is 0. The average Bonchev–Trinajstić information content (AvgIpc) is 2.54. The van der Waals surface area contributed by atoms with Gasteiger partial charge in [0, 0.05) is 38.0 Å². The number of anilines is 1. The lowest BCUT2D eigenvalue weighted by atomic mass is 10.00. The van der Waals surface area contributed by atoms with Crippen LogP contribution in [0, 0.1) is 6.92 Å². The van der Waals surface area contributed by atoms with Gasteiger partial charge >= 0.3 is 6.03 Å². The second-order valence-electron chi connectivity index (χ2n) is 7.59. The number of nitrogens with zero attached hydrogens (tertiary/aromatic N) is 2. The molecule has 0 radical (unpaired) electrons. The molecule has 0 aromatic carbocycles. The summed E-state index contributed by atoms with van der Waals surface area (Å²) in [6.07, 6.45) is 2.64. The number of carbonyl (C=O) groups excluding carboxylic acids is 1. The van der Waals surface area contributed by atoms with Gasteiger partial charge in [0.25, 0.3) is 0 Å². The number of methoxy groups -OCH3 is 1. The Morgan fingerprint density at radius 3 is 2.68 bits per heavy atom. The zero-order valence-electron chi connectivity index (χ0n) is 16.1. The van der Waals surface area contributed by atoms with E-state index in [4.69, 9.17) is 4.74 Å². The summed E-state index contributed by atoms with van der Waals surface area (Å²) < 4.78 is 5.42. The van der Waals surface area contributed by atoms with Crippen LogP contribution >= 0.6 is 0 Å². The first-order chi connectivity index (χ1) is 11.8. The van der Waals surface area contributed by atoms with E-state index in [1.807, 2.05) is 45.9 Å². The molecule has 0 spiro atoms. The fourth-order valence-corrected chi connectivity index (χ4v) is 3.28. The van der Waals surface area contributed by atoms with E-state index in [1.165, 1.54) is 0 Å². The van der Waals surface area contributed by atoms with Crippen molar-refractivity contribution in [1.82, 2.24) is 15.6 Å². The summed E-state index contributed by atoms with van der Waals surface area (Å²) in [6, 6.07) is 6.28. The number of rotatable bonds is 6. The van der Waals surface area contributed by atoms with Crippen LogP contribution in [0.1, 0.15) is 45.7 Å². The predicted octanol–water partition coefficient (Wildman–Crippen LogP) is 2.86. The van der Waals surface area contributed by atoms with Crippen LogP contribution in [0.15, 0.2) is 18.2 Å². The third-order valence-electron chi connectivity index (χ3n) is 4.76. The van der Waals surface area contributed by atoms with Crippen LogP contribution in [0.2, 0.25) is 0 Å². The molecular weight excluding hydrogens is 316 g/mol. The molecule has 1 aromatic rings. The molecule has 1 aliphatic heterocycles. The summed E-state index contributed by atoms with van der Waals surface area (Å²) in [5.41, 5.74) is 0.795. The van der Waals surface area contributed by atoms with Gasteiger partial charge < -0.3 is 20.3 Å². The molecule has 0 saturated carbocycles. The highest BCUT2D eigenvalue weighted by Gasteiger charge is 2.24. The fraction of sp³-hybridized carbons (Fsp3) is 0.684. The number of piperidine rings is 1. The maximum Gasteiger partial charge on any atom is 0.315 e. The molecule has 1 atom stereocenters. The number of aryl methyl sites for hydroxylation is 1. The molecule has 2 N–H and O–H groups in total. The zero-order chi connectivity index (χ0) is 18.4. The van der Waals surface area contributed by atoms with Gasteiger partial charge in [-0.25, -0.2) is 9.78 Å². The van der Waals surface area contributed by atoms with Gasteiger partial charge in [-0.15, -0.1) is 0 Å². The van der Waals surface area contributed by atoms with Crippen LogP contribution in [0.4, 0.5) is 10.6 Å².